The Kier molecular flexibility index (Phi) is 2.90. The number of benzene rings is 1. The molecule has 0 aliphatic rings. The summed E-state index contributed by atoms with van der Waals surface area (Å²) in [5.41, 5.74) is 7.59. The molecule has 0 saturated carbocycles. The number of hydrogen-bond donors (Lipinski definition) is 1. The molecule has 0 aliphatic carbocycles. The summed E-state index contributed by atoms with van der Waals surface area (Å²) >= 11 is 0. The van der Waals surface area contributed by atoms with Crippen molar-refractivity contribution in [1.29, 1.82) is 0 Å². The fourth-order valence-corrected chi connectivity index (χ4v) is 2.09. The zero-order valence-corrected chi connectivity index (χ0v) is 11.1. The maximum atomic E-state index is 5.75. The van der Waals surface area contributed by atoms with E-state index < -0.39 is 0 Å². The van der Waals surface area contributed by atoms with Gasteiger partial charge in [-0.1, -0.05) is 17.3 Å². The Morgan fingerprint density at radius 2 is 1.85 bits per heavy atom. The minimum Gasteiger partial charge on any atom is -0.496 e. The Bertz CT molecular complexity index is 767. The van der Waals surface area contributed by atoms with Gasteiger partial charge in [0.2, 0.25) is 0 Å². The summed E-state index contributed by atoms with van der Waals surface area (Å²) < 4.78 is 15.8. The maximum Gasteiger partial charge on any atom is 0.264 e. The first-order valence-corrected chi connectivity index (χ1v) is 5.98. The second-order valence-electron chi connectivity index (χ2n) is 4.16. The molecular formula is C14H13N3O3. The fraction of sp³-hybridized carbons (Fsp3) is 0.143. The first-order chi connectivity index (χ1) is 9.74. The number of fused-ring (bicyclic) bond motifs is 1. The van der Waals surface area contributed by atoms with E-state index in [1.807, 2.05) is 24.3 Å². The number of nitrogens with two attached hydrogens (primary N) is 1. The standard InChI is InChI=1S/C14H13N3O3/c1-18-10-6-4-3-5-8(10)9-7-11(19-2)12-13(15)17-20-14(12)16-9/h3-7H,1-2H3,(H2,15,17). The zero-order chi connectivity index (χ0) is 14.1. The van der Waals surface area contributed by atoms with Crippen LogP contribution in [-0.4, -0.2) is 24.4 Å². The first kappa shape index (κ1) is 12.3. The third kappa shape index (κ3) is 1.82. The number of methoxy groups -OCH3 is 2. The van der Waals surface area contributed by atoms with Crippen molar-refractivity contribution in [2.45, 2.75) is 0 Å². The molecule has 0 atom stereocenters. The van der Waals surface area contributed by atoms with Crippen LogP contribution in [0.1, 0.15) is 0 Å². The van der Waals surface area contributed by atoms with E-state index in [4.69, 9.17) is 19.7 Å². The minimum absolute atomic E-state index is 0.260. The van der Waals surface area contributed by atoms with Crippen molar-refractivity contribution in [1.82, 2.24) is 10.1 Å². The molecule has 2 aromatic heterocycles. The van der Waals surface area contributed by atoms with Gasteiger partial charge in [-0.2, -0.15) is 0 Å². The number of hydrogen-bond acceptors (Lipinski definition) is 6. The van der Waals surface area contributed by atoms with E-state index in [0.29, 0.717) is 28.3 Å². The maximum absolute atomic E-state index is 5.75. The van der Waals surface area contributed by atoms with Crippen LogP contribution in [0.3, 0.4) is 0 Å². The Hall–Kier alpha value is -2.76. The SMILES string of the molecule is COc1ccccc1-c1cc(OC)c2c(N)noc2n1. The van der Waals surface area contributed by atoms with Gasteiger partial charge in [0.15, 0.2) is 5.82 Å². The lowest BCUT2D eigenvalue weighted by molar-refractivity contribution is 0.415. The third-order valence-electron chi connectivity index (χ3n) is 3.04. The Morgan fingerprint density at radius 3 is 2.60 bits per heavy atom. The van der Waals surface area contributed by atoms with Gasteiger partial charge >= 0.3 is 0 Å². The van der Waals surface area contributed by atoms with E-state index >= 15 is 0 Å². The summed E-state index contributed by atoms with van der Waals surface area (Å²) in [4.78, 5) is 4.41. The number of aromatic nitrogens is 2. The van der Waals surface area contributed by atoms with E-state index in [0.717, 1.165) is 5.56 Å². The zero-order valence-electron chi connectivity index (χ0n) is 11.1. The van der Waals surface area contributed by atoms with Gasteiger partial charge in [0, 0.05) is 11.6 Å². The van der Waals surface area contributed by atoms with Gasteiger partial charge in [-0.05, 0) is 12.1 Å². The highest BCUT2D eigenvalue weighted by Gasteiger charge is 2.16. The van der Waals surface area contributed by atoms with Crippen molar-refractivity contribution < 1.29 is 14.0 Å². The Labute approximate surface area is 115 Å². The Balaban J connectivity index is 2.27. The van der Waals surface area contributed by atoms with Crippen molar-refractivity contribution >= 4 is 16.9 Å². The highest BCUT2D eigenvalue weighted by Crippen LogP contribution is 2.36. The molecule has 1 aromatic carbocycles. The molecule has 102 valence electrons. The van der Waals surface area contributed by atoms with Gasteiger partial charge in [-0.15, -0.1) is 0 Å². The van der Waals surface area contributed by atoms with Crippen molar-refractivity contribution in [3.05, 3.63) is 30.3 Å². The van der Waals surface area contributed by atoms with Crippen LogP contribution >= 0.6 is 0 Å². The van der Waals surface area contributed by atoms with Gasteiger partial charge in [0.25, 0.3) is 5.71 Å². The highest BCUT2D eigenvalue weighted by molar-refractivity contribution is 5.92. The number of para-hydroxylation sites is 1. The lowest BCUT2D eigenvalue weighted by Crippen LogP contribution is -1.93. The third-order valence-corrected chi connectivity index (χ3v) is 3.04. The average Bonchev–Trinajstić information content (AvgIpc) is 2.88. The molecule has 0 unspecified atom stereocenters. The number of ether oxygens (including phenoxy) is 2. The second-order valence-corrected chi connectivity index (χ2v) is 4.16. The molecule has 0 aliphatic heterocycles. The molecule has 0 amide bonds. The normalized spacial score (nSPS) is 10.7. The Morgan fingerprint density at radius 1 is 1.10 bits per heavy atom. The monoisotopic (exact) mass is 271 g/mol. The lowest BCUT2D eigenvalue weighted by Gasteiger charge is -2.09. The van der Waals surface area contributed by atoms with Gasteiger partial charge in [0.1, 0.15) is 16.9 Å². The predicted octanol–water partition coefficient (Wildman–Crippen LogP) is 2.49. The van der Waals surface area contributed by atoms with Crippen molar-refractivity contribution in [3.63, 3.8) is 0 Å². The van der Waals surface area contributed by atoms with Gasteiger partial charge in [-0.25, -0.2) is 4.98 Å². The molecule has 6 heteroatoms. The number of anilines is 1. The van der Waals surface area contributed by atoms with E-state index in [1.165, 1.54) is 0 Å². The first-order valence-electron chi connectivity index (χ1n) is 5.98. The van der Waals surface area contributed by atoms with Crippen LogP contribution in [0.2, 0.25) is 0 Å². The topological polar surface area (TPSA) is 83.4 Å². The molecule has 20 heavy (non-hydrogen) atoms. The largest absolute Gasteiger partial charge is 0.496 e. The molecule has 0 fully saturated rings. The summed E-state index contributed by atoms with van der Waals surface area (Å²) in [6.07, 6.45) is 0. The van der Waals surface area contributed by atoms with Crippen molar-refractivity contribution in [2.75, 3.05) is 20.0 Å². The molecule has 0 radical (unpaired) electrons. The average molecular weight is 271 g/mol. The molecule has 0 saturated heterocycles. The summed E-state index contributed by atoms with van der Waals surface area (Å²) in [5.74, 6) is 1.54. The van der Waals surface area contributed by atoms with Gasteiger partial charge in [0.05, 0.1) is 19.9 Å². The van der Waals surface area contributed by atoms with Crippen LogP contribution in [-0.2, 0) is 0 Å². The van der Waals surface area contributed by atoms with Crippen LogP contribution in [0.25, 0.3) is 22.4 Å². The smallest absolute Gasteiger partial charge is 0.264 e. The van der Waals surface area contributed by atoms with Crippen LogP contribution in [0.5, 0.6) is 11.5 Å². The second kappa shape index (κ2) is 4.73. The summed E-state index contributed by atoms with van der Waals surface area (Å²) in [7, 11) is 3.17. The number of pyridine rings is 1. The summed E-state index contributed by atoms with van der Waals surface area (Å²) in [6, 6.07) is 9.36. The molecule has 3 aromatic rings. The molecule has 6 nitrogen and oxygen atoms in total. The van der Waals surface area contributed by atoms with Crippen LogP contribution in [0.15, 0.2) is 34.9 Å². The quantitative estimate of drug-likeness (QED) is 0.788. The van der Waals surface area contributed by atoms with Crippen LogP contribution in [0, 0.1) is 0 Å². The van der Waals surface area contributed by atoms with Gasteiger partial charge in [-0.3, -0.25) is 0 Å². The summed E-state index contributed by atoms with van der Waals surface area (Å²) in [5, 5.41) is 4.29. The highest BCUT2D eigenvalue weighted by atomic mass is 16.5. The molecule has 2 N–H and O–H groups in total. The number of rotatable bonds is 3. The van der Waals surface area contributed by atoms with E-state index in [2.05, 4.69) is 10.1 Å². The fourth-order valence-electron chi connectivity index (χ4n) is 2.09. The van der Waals surface area contributed by atoms with Crippen LogP contribution in [0.4, 0.5) is 5.82 Å². The predicted molar refractivity (Wildman–Crippen MR) is 74.8 cm³/mol. The number of nitrogens with zero attached hydrogens (tertiary/aromatic N) is 2. The molecule has 3 rings (SSSR count). The lowest BCUT2D eigenvalue weighted by atomic mass is 10.1. The van der Waals surface area contributed by atoms with E-state index in [1.54, 1.807) is 20.3 Å². The van der Waals surface area contributed by atoms with E-state index in [-0.39, 0.29) is 5.82 Å². The number of nitrogen functional groups attached to an aromatic ring is 1. The van der Waals surface area contributed by atoms with Gasteiger partial charge < -0.3 is 19.7 Å². The molecule has 0 spiro atoms. The molecule has 2 heterocycles. The minimum atomic E-state index is 0.260. The molecular weight excluding hydrogens is 258 g/mol. The van der Waals surface area contributed by atoms with Crippen molar-refractivity contribution in [2.24, 2.45) is 0 Å². The van der Waals surface area contributed by atoms with E-state index in [9.17, 15) is 0 Å². The summed E-state index contributed by atoms with van der Waals surface area (Å²) in [6.45, 7) is 0. The molecule has 0 bridgehead atoms. The van der Waals surface area contributed by atoms with Crippen LogP contribution < -0.4 is 15.2 Å². The van der Waals surface area contributed by atoms with Crippen molar-refractivity contribution in [3.8, 4) is 22.8 Å².